The van der Waals surface area contributed by atoms with Gasteiger partial charge >= 0.3 is 0 Å². The van der Waals surface area contributed by atoms with Crippen LogP contribution in [0.25, 0.3) is 0 Å². The first-order valence-electron chi connectivity index (χ1n) is 8.20. The number of carbonyl (C=O) groups excluding carboxylic acids is 1. The van der Waals surface area contributed by atoms with E-state index in [0.717, 1.165) is 5.69 Å². The van der Waals surface area contributed by atoms with Gasteiger partial charge in [0.1, 0.15) is 0 Å². The second kappa shape index (κ2) is 7.65. The van der Waals surface area contributed by atoms with Gasteiger partial charge in [-0.15, -0.1) is 0 Å². The van der Waals surface area contributed by atoms with Crippen LogP contribution < -0.4 is 10.2 Å². The molecule has 0 saturated carbocycles. The fraction of sp³-hybridized carbons (Fsp3) is 0.278. The van der Waals surface area contributed by atoms with Crippen molar-refractivity contribution >= 4 is 38.9 Å². The SMILES string of the molecule is CS(=O)(=O)N1CCN(c2ccc(NC(=O)c3ccccc3Cl)cc2)CC1. The molecule has 1 amide bonds. The number of halogens is 1. The molecule has 6 nitrogen and oxygen atoms in total. The van der Waals surface area contributed by atoms with E-state index < -0.39 is 10.0 Å². The Hall–Kier alpha value is -2.09. The standard InChI is InChI=1S/C18H20ClN3O3S/c1-26(24,25)22-12-10-21(11-13-22)15-8-6-14(7-9-15)20-18(23)16-4-2-3-5-17(16)19/h2-9H,10-13H2,1H3,(H,20,23). The van der Waals surface area contributed by atoms with E-state index in [1.54, 1.807) is 24.3 Å². The van der Waals surface area contributed by atoms with Crippen molar-refractivity contribution in [3.63, 3.8) is 0 Å². The minimum atomic E-state index is -3.13. The van der Waals surface area contributed by atoms with Crippen molar-refractivity contribution in [1.29, 1.82) is 0 Å². The van der Waals surface area contributed by atoms with Crippen LogP contribution >= 0.6 is 11.6 Å². The average Bonchev–Trinajstić information content (AvgIpc) is 2.62. The van der Waals surface area contributed by atoms with E-state index in [4.69, 9.17) is 11.6 Å². The molecule has 1 saturated heterocycles. The molecule has 1 N–H and O–H groups in total. The summed E-state index contributed by atoms with van der Waals surface area (Å²) in [6, 6.07) is 14.4. The zero-order valence-electron chi connectivity index (χ0n) is 14.4. The lowest BCUT2D eigenvalue weighted by Crippen LogP contribution is -2.48. The second-order valence-electron chi connectivity index (χ2n) is 6.13. The topological polar surface area (TPSA) is 69.7 Å². The Bertz CT molecular complexity index is 892. The average molecular weight is 394 g/mol. The maximum Gasteiger partial charge on any atom is 0.257 e. The number of piperazine rings is 1. The van der Waals surface area contributed by atoms with Crippen molar-refractivity contribution in [2.24, 2.45) is 0 Å². The highest BCUT2D eigenvalue weighted by atomic mass is 35.5. The molecule has 2 aromatic carbocycles. The normalized spacial score (nSPS) is 15.7. The zero-order chi connectivity index (χ0) is 18.7. The van der Waals surface area contributed by atoms with Crippen LogP contribution in [0.1, 0.15) is 10.4 Å². The molecule has 1 fully saturated rings. The number of nitrogens with zero attached hydrogens (tertiary/aromatic N) is 2. The molecule has 0 aliphatic carbocycles. The van der Waals surface area contributed by atoms with Crippen molar-refractivity contribution in [3.05, 3.63) is 59.1 Å². The van der Waals surface area contributed by atoms with Crippen LogP contribution in [-0.2, 0) is 10.0 Å². The summed E-state index contributed by atoms with van der Waals surface area (Å²) < 4.78 is 24.6. The summed E-state index contributed by atoms with van der Waals surface area (Å²) in [6.07, 6.45) is 1.24. The minimum Gasteiger partial charge on any atom is -0.369 e. The summed E-state index contributed by atoms with van der Waals surface area (Å²) in [5.74, 6) is -0.259. The summed E-state index contributed by atoms with van der Waals surface area (Å²) in [5.41, 5.74) is 2.09. The molecule has 0 atom stereocenters. The van der Waals surface area contributed by atoms with Gasteiger partial charge in [-0.3, -0.25) is 4.79 Å². The van der Waals surface area contributed by atoms with E-state index in [1.165, 1.54) is 10.6 Å². The second-order valence-corrected chi connectivity index (χ2v) is 8.52. The van der Waals surface area contributed by atoms with Crippen LogP contribution in [0, 0.1) is 0 Å². The Morgan fingerprint density at radius 1 is 1.00 bits per heavy atom. The van der Waals surface area contributed by atoms with Gasteiger partial charge < -0.3 is 10.2 Å². The van der Waals surface area contributed by atoms with Crippen molar-refractivity contribution in [2.45, 2.75) is 0 Å². The van der Waals surface area contributed by atoms with E-state index in [2.05, 4.69) is 10.2 Å². The highest BCUT2D eigenvalue weighted by Gasteiger charge is 2.23. The Balaban J connectivity index is 1.63. The molecule has 138 valence electrons. The maximum atomic E-state index is 12.3. The monoisotopic (exact) mass is 393 g/mol. The van der Waals surface area contributed by atoms with Crippen molar-refractivity contribution in [3.8, 4) is 0 Å². The zero-order valence-corrected chi connectivity index (χ0v) is 15.9. The van der Waals surface area contributed by atoms with Crippen molar-refractivity contribution in [2.75, 3.05) is 42.7 Å². The number of benzene rings is 2. The van der Waals surface area contributed by atoms with Gasteiger partial charge in [0.25, 0.3) is 5.91 Å². The predicted molar refractivity (Wildman–Crippen MR) is 104 cm³/mol. The first-order valence-corrected chi connectivity index (χ1v) is 10.4. The van der Waals surface area contributed by atoms with Crippen LogP contribution in [-0.4, -0.2) is 51.1 Å². The van der Waals surface area contributed by atoms with Gasteiger partial charge in [-0.1, -0.05) is 23.7 Å². The number of nitrogens with one attached hydrogen (secondary N) is 1. The summed E-state index contributed by atoms with van der Waals surface area (Å²) in [5, 5.41) is 3.23. The van der Waals surface area contributed by atoms with Crippen LogP contribution in [0.5, 0.6) is 0 Å². The van der Waals surface area contributed by atoms with E-state index in [1.807, 2.05) is 24.3 Å². The van der Waals surface area contributed by atoms with Crippen LogP contribution in [0.3, 0.4) is 0 Å². The summed E-state index contributed by atoms with van der Waals surface area (Å²) in [4.78, 5) is 14.4. The lowest BCUT2D eigenvalue weighted by Gasteiger charge is -2.34. The quantitative estimate of drug-likeness (QED) is 0.867. The Morgan fingerprint density at radius 2 is 1.62 bits per heavy atom. The maximum absolute atomic E-state index is 12.3. The van der Waals surface area contributed by atoms with E-state index in [9.17, 15) is 13.2 Å². The molecular weight excluding hydrogens is 374 g/mol. The van der Waals surface area contributed by atoms with Gasteiger partial charge in [0, 0.05) is 37.6 Å². The number of anilines is 2. The number of hydrogen-bond donors (Lipinski definition) is 1. The molecule has 1 heterocycles. The third-order valence-corrected chi connectivity index (χ3v) is 5.95. The van der Waals surface area contributed by atoms with Gasteiger partial charge in [-0.2, -0.15) is 4.31 Å². The van der Waals surface area contributed by atoms with E-state index >= 15 is 0 Å². The number of carbonyl (C=O) groups is 1. The molecule has 2 aromatic rings. The van der Waals surface area contributed by atoms with Crippen LogP contribution in [0.4, 0.5) is 11.4 Å². The molecule has 8 heteroatoms. The largest absolute Gasteiger partial charge is 0.369 e. The highest BCUT2D eigenvalue weighted by molar-refractivity contribution is 7.88. The molecule has 0 aromatic heterocycles. The first-order chi connectivity index (χ1) is 12.3. The molecule has 0 unspecified atom stereocenters. The molecule has 3 rings (SSSR count). The van der Waals surface area contributed by atoms with E-state index in [-0.39, 0.29) is 5.91 Å². The molecule has 0 spiro atoms. The lowest BCUT2D eigenvalue weighted by molar-refractivity contribution is 0.102. The number of hydrogen-bond acceptors (Lipinski definition) is 4. The Morgan fingerprint density at radius 3 is 2.19 bits per heavy atom. The molecule has 0 radical (unpaired) electrons. The Kier molecular flexibility index (Phi) is 5.50. The van der Waals surface area contributed by atoms with Gasteiger partial charge in [0.05, 0.1) is 16.8 Å². The Labute approximate surface area is 158 Å². The molecule has 0 bridgehead atoms. The first kappa shape index (κ1) is 18.7. The number of sulfonamides is 1. The van der Waals surface area contributed by atoms with E-state index in [0.29, 0.717) is 42.5 Å². The molecule has 1 aliphatic rings. The highest BCUT2D eigenvalue weighted by Crippen LogP contribution is 2.22. The summed E-state index contributed by atoms with van der Waals surface area (Å²) >= 11 is 6.04. The van der Waals surface area contributed by atoms with Crippen molar-refractivity contribution in [1.82, 2.24) is 4.31 Å². The predicted octanol–water partition coefficient (Wildman–Crippen LogP) is 2.67. The summed E-state index contributed by atoms with van der Waals surface area (Å²) in [7, 11) is -3.13. The fourth-order valence-electron chi connectivity index (χ4n) is 2.88. The number of amides is 1. The van der Waals surface area contributed by atoms with Crippen LogP contribution in [0.15, 0.2) is 48.5 Å². The third kappa shape index (κ3) is 4.35. The van der Waals surface area contributed by atoms with Crippen molar-refractivity contribution < 1.29 is 13.2 Å². The summed E-state index contributed by atoms with van der Waals surface area (Å²) in [6.45, 7) is 2.23. The van der Waals surface area contributed by atoms with Gasteiger partial charge in [0.2, 0.25) is 10.0 Å². The molecule has 26 heavy (non-hydrogen) atoms. The lowest BCUT2D eigenvalue weighted by atomic mass is 10.2. The minimum absolute atomic E-state index is 0.259. The van der Waals surface area contributed by atoms with Gasteiger partial charge in [0.15, 0.2) is 0 Å². The van der Waals surface area contributed by atoms with Gasteiger partial charge in [-0.05, 0) is 36.4 Å². The number of rotatable bonds is 4. The van der Waals surface area contributed by atoms with Gasteiger partial charge in [-0.25, -0.2) is 8.42 Å². The fourth-order valence-corrected chi connectivity index (χ4v) is 3.93. The molecular formula is C18H20ClN3O3S. The molecule has 1 aliphatic heterocycles. The third-order valence-electron chi connectivity index (χ3n) is 4.32. The van der Waals surface area contributed by atoms with Crippen LogP contribution in [0.2, 0.25) is 5.02 Å². The smallest absolute Gasteiger partial charge is 0.257 e.